The molecule has 0 aliphatic carbocycles. The van der Waals surface area contributed by atoms with Gasteiger partial charge in [-0.2, -0.15) is 0 Å². The van der Waals surface area contributed by atoms with Crippen LogP contribution in [0.3, 0.4) is 0 Å². The van der Waals surface area contributed by atoms with Gasteiger partial charge in [-0.1, -0.05) is 0 Å². The molecule has 4 heteroatoms. The molecule has 0 radical (unpaired) electrons. The van der Waals surface area contributed by atoms with Crippen LogP contribution >= 0.6 is 0 Å². The van der Waals surface area contributed by atoms with Crippen LogP contribution in [0.5, 0.6) is 0 Å². The molecule has 1 rings (SSSR count). The molecule has 0 saturated carbocycles. The van der Waals surface area contributed by atoms with Crippen LogP contribution in [-0.2, 0) is 9.53 Å². The minimum Gasteiger partial charge on any atom is -0.461 e. The van der Waals surface area contributed by atoms with Gasteiger partial charge in [-0.3, -0.25) is 4.79 Å². The molecule has 1 fully saturated rings. The molecule has 1 aliphatic rings. The highest BCUT2D eigenvalue weighted by molar-refractivity contribution is 5.72. The summed E-state index contributed by atoms with van der Waals surface area (Å²) in [5.41, 5.74) is 5.36. The van der Waals surface area contributed by atoms with Crippen molar-refractivity contribution in [3.05, 3.63) is 0 Å². The van der Waals surface area contributed by atoms with E-state index < -0.39 is 0 Å². The van der Waals surface area contributed by atoms with Crippen LogP contribution in [0.4, 0.5) is 0 Å². The zero-order chi connectivity index (χ0) is 9.68. The van der Waals surface area contributed by atoms with Crippen LogP contribution in [0.2, 0.25) is 0 Å². The number of carbonyl (C=O) groups excluding carboxylic acids is 1. The van der Waals surface area contributed by atoms with Crippen LogP contribution in [0.1, 0.15) is 19.8 Å². The third-order valence-corrected chi connectivity index (χ3v) is 2.32. The first kappa shape index (κ1) is 10.5. The van der Waals surface area contributed by atoms with E-state index in [9.17, 15) is 4.79 Å². The summed E-state index contributed by atoms with van der Waals surface area (Å²) >= 11 is 0. The third kappa shape index (κ3) is 3.32. The number of carbonyl (C=O) groups is 1. The summed E-state index contributed by atoms with van der Waals surface area (Å²) in [6, 6.07) is 0. The van der Waals surface area contributed by atoms with E-state index in [1.54, 1.807) is 0 Å². The molecule has 1 heterocycles. The van der Waals surface area contributed by atoms with E-state index in [2.05, 4.69) is 5.32 Å². The second-order valence-corrected chi connectivity index (χ2v) is 3.51. The largest absolute Gasteiger partial charge is 0.461 e. The fourth-order valence-electron chi connectivity index (χ4n) is 1.40. The first-order chi connectivity index (χ1) is 6.24. The molecule has 76 valence electrons. The fourth-order valence-corrected chi connectivity index (χ4v) is 1.40. The Morgan fingerprint density at radius 2 is 2.23 bits per heavy atom. The summed E-state index contributed by atoms with van der Waals surface area (Å²) in [5.74, 6) is -0.00491. The maximum Gasteiger partial charge on any atom is 0.309 e. The molecule has 0 spiro atoms. The molecule has 1 atom stereocenters. The molecule has 1 aliphatic heterocycles. The van der Waals surface area contributed by atoms with Gasteiger partial charge in [-0.25, -0.2) is 0 Å². The van der Waals surface area contributed by atoms with E-state index >= 15 is 0 Å². The van der Waals surface area contributed by atoms with Crippen LogP contribution in [-0.4, -0.2) is 31.7 Å². The van der Waals surface area contributed by atoms with Gasteiger partial charge in [-0.15, -0.1) is 0 Å². The summed E-state index contributed by atoms with van der Waals surface area (Å²) in [6.07, 6.45) is 1.62. The Balaban J connectivity index is 2.29. The summed E-state index contributed by atoms with van der Waals surface area (Å²) in [5, 5.41) is 3.20. The number of ether oxygens (including phenoxy) is 1. The van der Waals surface area contributed by atoms with Gasteiger partial charge >= 0.3 is 5.97 Å². The third-order valence-electron chi connectivity index (χ3n) is 2.32. The summed E-state index contributed by atoms with van der Waals surface area (Å²) < 4.78 is 5.15. The zero-order valence-electron chi connectivity index (χ0n) is 8.08. The highest BCUT2D eigenvalue weighted by atomic mass is 16.5. The molecule has 0 aromatic carbocycles. The van der Waals surface area contributed by atoms with Crippen molar-refractivity contribution in [2.75, 3.05) is 19.6 Å². The molecular weight excluding hydrogens is 168 g/mol. The summed E-state index contributed by atoms with van der Waals surface area (Å²) in [6.45, 7) is 4.04. The van der Waals surface area contributed by atoms with Gasteiger partial charge in [0.05, 0.1) is 5.92 Å². The normalized spacial score (nSPS) is 21.1. The lowest BCUT2D eigenvalue weighted by Gasteiger charge is -2.22. The second-order valence-electron chi connectivity index (χ2n) is 3.51. The molecule has 13 heavy (non-hydrogen) atoms. The smallest absolute Gasteiger partial charge is 0.309 e. The minimum absolute atomic E-state index is 0.0789. The van der Waals surface area contributed by atoms with Gasteiger partial charge in [0.2, 0.25) is 0 Å². The average molecular weight is 186 g/mol. The molecular formula is C9H18N2O2. The maximum atomic E-state index is 11.5. The van der Waals surface area contributed by atoms with Crippen molar-refractivity contribution in [3.63, 3.8) is 0 Å². The topological polar surface area (TPSA) is 64.3 Å². The Bertz CT molecular complexity index is 167. The SMILES string of the molecule is C[C@@H](CN)OC(=O)C1CCNCC1. The quantitative estimate of drug-likeness (QED) is 0.603. The Labute approximate surface area is 78.8 Å². The number of nitrogens with two attached hydrogens (primary N) is 1. The second kappa shape index (κ2) is 5.19. The standard InChI is InChI=1S/C9H18N2O2/c1-7(6-10)13-9(12)8-2-4-11-5-3-8/h7-8,11H,2-6,10H2,1H3/t7-/m0/s1. The number of piperidine rings is 1. The number of esters is 1. The number of rotatable bonds is 3. The van der Waals surface area contributed by atoms with Gasteiger partial charge < -0.3 is 15.8 Å². The molecule has 0 amide bonds. The highest BCUT2D eigenvalue weighted by Crippen LogP contribution is 2.13. The average Bonchev–Trinajstić information content (AvgIpc) is 2.19. The lowest BCUT2D eigenvalue weighted by molar-refractivity contribution is -0.153. The molecule has 3 N–H and O–H groups in total. The Hall–Kier alpha value is -0.610. The maximum absolute atomic E-state index is 11.5. The van der Waals surface area contributed by atoms with E-state index in [1.165, 1.54) is 0 Å². The van der Waals surface area contributed by atoms with E-state index in [-0.39, 0.29) is 18.0 Å². The molecule has 0 unspecified atom stereocenters. The number of hydrogen-bond donors (Lipinski definition) is 2. The van der Waals surface area contributed by atoms with Crippen LogP contribution in [0.15, 0.2) is 0 Å². The van der Waals surface area contributed by atoms with Crippen LogP contribution in [0, 0.1) is 5.92 Å². The molecule has 0 aromatic heterocycles. The van der Waals surface area contributed by atoms with Crippen molar-refractivity contribution in [2.24, 2.45) is 11.7 Å². The molecule has 0 aromatic rings. The van der Waals surface area contributed by atoms with Crippen molar-refractivity contribution in [3.8, 4) is 0 Å². The lowest BCUT2D eigenvalue weighted by atomic mass is 9.98. The van der Waals surface area contributed by atoms with Crippen molar-refractivity contribution in [1.82, 2.24) is 5.32 Å². The Morgan fingerprint density at radius 3 is 2.77 bits per heavy atom. The summed E-state index contributed by atoms with van der Waals surface area (Å²) in [4.78, 5) is 11.5. The first-order valence-corrected chi connectivity index (χ1v) is 4.85. The Kier molecular flexibility index (Phi) is 4.18. The highest BCUT2D eigenvalue weighted by Gasteiger charge is 2.23. The monoisotopic (exact) mass is 186 g/mol. The Morgan fingerprint density at radius 1 is 1.62 bits per heavy atom. The van der Waals surface area contributed by atoms with Crippen molar-refractivity contribution in [1.29, 1.82) is 0 Å². The van der Waals surface area contributed by atoms with Gasteiger partial charge in [0.15, 0.2) is 0 Å². The van der Waals surface area contributed by atoms with E-state index in [4.69, 9.17) is 10.5 Å². The van der Waals surface area contributed by atoms with E-state index in [0.717, 1.165) is 25.9 Å². The number of nitrogens with one attached hydrogen (secondary N) is 1. The zero-order valence-corrected chi connectivity index (χ0v) is 8.08. The predicted molar refractivity (Wildman–Crippen MR) is 50.2 cm³/mol. The lowest BCUT2D eigenvalue weighted by Crippen LogP contribution is -2.35. The van der Waals surface area contributed by atoms with Gasteiger partial charge in [0, 0.05) is 6.54 Å². The van der Waals surface area contributed by atoms with E-state index in [1.807, 2.05) is 6.92 Å². The van der Waals surface area contributed by atoms with Crippen molar-refractivity contribution < 1.29 is 9.53 Å². The van der Waals surface area contributed by atoms with Crippen LogP contribution < -0.4 is 11.1 Å². The fraction of sp³-hybridized carbons (Fsp3) is 0.889. The first-order valence-electron chi connectivity index (χ1n) is 4.85. The minimum atomic E-state index is -0.151. The predicted octanol–water partition coefficient (Wildman–Crippen LogP) is -0.124. The van der Waals surface area contributed by atoms with Crippen molar-refractivity contribution in [2.45, 2.75) is 25.9 Å². The molecule has 1 saturated heterocycles. The van der Waals surface area contributed by atoms with Gasteiger partial charge in [0.1, 0.15) is 6.10 Å². The number of hydrogen-bond acceptors (Lipinski definition) is 4. The van der Waals surface area contributed by atoms with Crippen molar-refractivity contribution >= 4 is 5.97 Å². The van der Waals surface area contributed by atoms with Gasteiger partial charge in [-0.05, 0) is 32.9 Å². The van der Waals surface area contributed by atoms with E-state index in [0.29, 0.717) is 6.54 Å². The van der Waals surface area contributed by atoms with Gasteiger partial charge in [0.25, 0.3) is 0 Å². The summed E-state index contributed by atoms with van der Waals surface area (Å²) in [7, 11) is 0. The molecule has 0 bridgehead atoms. The van der Waals surface area contributed by atoms with Crippen LogP contribution in [0.25, 0.3) is 0 Å². The molecule has 4 nitrogen and oxygen atoms in total.